The Bertz CT molecular complexity index is 179. The van der Waals surface area contributed by atoms with Crippen LogP contribution in [0.4, 0.5) is 0 Å². The number of hydrogen-bond donors (Lipinski definition) is 0. The van der Waals surface area contributed by atoms with E-state index in [1.165, 1.54) is 0 Å². The highest BCUT2D eigenvalue weighted by Gasteiger charge is 2.36. The van der Waals surface area contributed by atoms with Crippen LogP contribution in [0.5, 0.6) is 0 Å². The molecule has 0 aromatic rings. The van der Waals surface area contributed by atoms with Crippen LogP contribution in [0.15, 0.2) is 0 Å². The van der Waals surface area contributed by atoms with E-state index >= 15 is 0 Å². The lowest BCUT2D eigenvalue weighted by molar-refractivity contribution is 0.300. The third kappa shape index (κ3) is 11.1. The average Bonchev–Trinajstić information content (AvgIpc) is 1.70. The Kier molecular flexibility index (Phi) is 5.70. The zero-order valence-electron chi connectivity index (χ0n) is 12.3. The summed E-state index contributed by atoms with van der Waals surface area (Å²) in [5.41, 5.74) is 0. The predicted molar refractivity (Wildman–Crippen MR) is 79.0 cm³/mol. The maximum absolute atomic E-state index is 5.95. The van der Waals surface area contributed by atoms with Gasteiger partial charge in [-0.2, -0.15) is 0 Å². The van der Waals surface area contributed by atoms with E-state index in [1.54, 1.807) is 0 Å². The molecule has 0 saturated heterocycles. The molecule has 0 bridgehead atoms. The van der Waals surface area contributed by atoms with E-state index in [9.17, 15) is 0 Å². The fourth-order valence-corrected chi connectivity index (χ4v) is 3.25. The van der Waals surface area contributed by atoms with Crippen LogP contribution in [0.3, 0.4) is 0 Å². The van der Waals surface area contributed by atoms with Crippen LogP contribution in [-0.4, -0.2) is 32.3 Å². The molecule has 0 unspecified atom stereocenters. The van der Waals surface area contributed by atoms with Crippen molar-refractivity contribution >= 4 is 32.3 Å². The Labute approximate surface area is 104 Å². The fraction of sp³-hybridized carbons (Fsp3) is 1.00. The molecule has 0 heterocycles. The summed E-state index contributed by atoms with van der Waals surface area (Å²) in [6.07, 6.45) is 0. The van der Waals surface area contributed by atoms with Crippen molar-refractivity contribution in [2.75, 3.05) is 0 Å². The molecule has 0 amide bonds. The van der Waals surface area contributed by atoms with Crippen molar-refractivity contribution in [2.45, 2.75) is 58.9 Å². The van der Waals surface area contributed by atoms with Crippen LogP contribution in [-0.2, 0) is 13.0 Å². The Morgan fingerprint density at radius 3 is 0.812 bits per heavy atom. The first kappa shape index (κ1) is 16.6. The first-order chi connectivity index (χ1) is 6.79. The normalized spacial score (nSPS) is 14.1. The smallest absolute Gasteiger partial charge is 0.430 e. The summed E-state index contributed by atoms with van der Waals surface area (Å²) in [4.78, 5) is 0. The molecular formula is C9H27BO3Si3. The standard InChI is InChI=1S/C9H27BO3Si3/c1-14(2,3)11-10(12-15(4,5)6)13-16(7,8)9/h1-9H3. The van der Waals surface area contributed by atoms with Gasteiger partial charge in [0.05, 0.1) is 0 Å². The van der Waals surface area contributed by atoms with Gasteiger partial charge in [0.1, 0.15) is 0 Å². The number of rotatable bonds is 6. The zero-order chi connectivity index (χ0) is 13.2. The molecule has 3 nitrogen and oxygen atoms in total. The van der Waals surface area contributed by atoms with E-state index in [-0.39, 0.29) is 0 Å². The topological polar surface area (TPSA) is 27.7 Å². The molecule has 0 aromatic heterocycles. The second-order valence-corrected chi connectivity index (χ2v) is 20.4. The highest BCUT2D eigenvalue weighted by atomic mass is 28.4. The van der Waals surface area contributed by atoms with Crippen LogP contribution >= 0.6 is 0 Å². The summed E-state index contributed by atoms with van der Waals surface area (Å²) in [5.74, 6) is 0. The SMILES string of the molecule is C[Si](C)(C)OB(O[Si](C)(C)C)O[Si](C)(C)C. The summed E-state index contributed by atoms with van der Waals surface area (Å²) >= 11 is 0. The van der Waals surface area contributed by atoms with Crippen molar-refractivity contribution in [3.05, 3.63) is 0 Å². The van der Waals surface area contributed by atoms with Crippen molar-refractivity contribution in [2.24, 2.45) is 0 Å². The molecule has 0 rings (SSSR count). The maximum atomic E-state index is 5.95. The Balaban J connectivity index is 4.53. The quantitative estimate of drug-likeness (QED) is 0.696. The second kappa shape index (κ2) is 5.49. The van der Waals surface area contributed by atoms with E-state index < -0.39 is 32.3 Å². The van der Waals surface area contributed by atoms with Crippen LogP contribution < -0.4 is 0 Å². The number of hydrogen-bond acceptors (Lipinski definition) is 3. The zero-order valence-corrected chi connectivity index (χ0v) is 15.3. The summed E-state index contributed by atoms with van der Waals surface area (Å²) in [5, 5.41) is 0. The average molecular weight is 278 g/mol. The van der Waals surface area contributed by atoms with E-state index in [0.717, 1.165) is 0 Å². The van der Waals surface area contributed by atoms with E-state index in [1.807, 2.05) is 0 Å². The summed E-state index contributed by atoms with van der Waals surface area (Å²) in [6, 6.07) is 0. The largest absolute Gasteiger partial charge is 0.606 e. The lowest BCUT2D eigenvalue weighted by Crippen LogP contribution is -2.49. The van der Waals surface area contributed by atoms with Crippen LogP contribution in [0, 0.1) is 0 Å². The summed E-state index contributed by atoms with van der Waals surface area (Å²) < 4.78 is 17.9. The van der Waals surface area contributed by atoms with Gasteiger partial charge in [0, 0.05) is 0 Å². The molecule has 0 aliphatic carbocycles. The van der Waals surface area contributed by atoms with Gasteiger partial charge >= 0.3 is 7.32 Å². The van der Waals surface area contributed by atoms with Crippen molar-refractivity contribution in [3.63, 3.8) is 0 Å². The molecule has 0 atom stereocenters. The van der Waals surface area contributed by atoms with Gasteiger partial charge in [-0.3, -0.25) is 0 Å². The van der Waals surface area contributed by atoms with Crippen molar-refractivity contribution in [3.8, 4) is 0 Å². The molecule has 0 aliphatic rings. The molecule has 0 radical (unpaired) electrons. The van der Waals surface area contributed by atoms with E-state index in [0.29, 0.717) is 0 Å². The van der Waals surface area contributed by atoms with Gasteiger partial charge in [-0.05, 0) is 58.9 Å². The van der Waals surface area contributed by atoms with Gasteiger partial charge in [-0.1, -0.05) is 0 Å². The highest BCUT2D eigenvalue weighted by molar-refractivity contribution is 6.83. The summed E-state index contributed by atoms with van der Waals surface area (Å²) in [6.45, 7) is 19.4. The van der Waals surface area contributed by atoms with Gasteiger partial charge < -0.3 is 13.0 Å². The first-order valence-corrected chi connectivity index (χ1v) is 16.0. The lowest BCUT2D eigenvalue weighted by atomic mass is 10.3. The molecule has 0 N–H and O–H groups in total. The van der Waals surface area contributed by atoms with Gasteiger partial charge in [0.25, 0.3) is 0 Å². The minimum absolute atomic E-state index is 0.454. The van der Waals surface area contributed by atoms with E-state index in [2.05, 4.69) is 58.9 Å². The van der Waals surface area contributed by atoms with Gasteiger partial charge in [0.15, 0.2) is 25.0 Å². The molecule has 0 spiro atoms. The molecular weight excluding hydrogens is 251 g/mol. The third-order valence-corrected chi connectivity index (χ3v) is 4.05. The lowest BCUT2D eigenvalue weighted by Gasteiger charge is -2.31. The Hall–Kier alpha value is 0.596. The molecule has 96 valence electrons. The molecule has 16 heavy (non-hydrogen) atoms. The summed E-state index contributed by atoms with van der Waals surface area (Å²) in [7, 11) is -5.33. The molecule has 0 saturated carbocycles. The van der Waals surface area contributed by atoms with Gasteiger partial charge in [-0.15, -0.1) is 0 Å². The first-order valence-electron chi connectivity index (χ1n) is 5.82. The third-order valence-electron chi connectivity index (χ3n) is 1.35. The monoisotopic (exact) mass is 278 g/mol. The van der Waals surface area contributed by atoms with Crippen LogP contribution in [0.25, 0.3) is 0 Å². The van der Waals surface area contributed by atoms with Crippen molar-refractivity contribution in [1.29, 1.82) is 0 Å². The highest BCUT2D eigenvalue weighted by Crippen LogP contribution is 2.16. The Morgan fingerprint density at radius 1 is 0.500 bits per heavy atom. The fourth-order valence-electron chi connectivity index (χ4n) is 0.938. The Morgan fingerprint density at radius 2 is 0.688 bits per heavy atom. The van der Waals surface area contributed by atoms with Crippen molar-refractivity contribution in [1.82, 2.24) is 0 Å². The molecule has 0 aromatic carbocycles. The minimum Gasteiger partial charge on any atom is -0.430 e. The van der Waals surface area contributed by atoms with Gasteiger partial charge in [0.2, 0.25) is 0 Å². The minimum atomic E-state index is -1.63. The second-order valence-electron chi connectivity index (χ2n) is 6.98. The van der Waals surface area contributed by atoms with Crippen molar-refractivity contribution < 1.29 is 13.0 Å². The van der Waals surface area contributed by atoms with E-state index in [4.69, 9.17) is 13.0 Å². The maximum Gasteiger partial charge on any atom is 0.606 e. The van der Waals surface area contributed by atoms with Crippen LogP contribution in [0.1, 0.15) is 0 Å². The van der Waals surface area contributed by atoms with Gasteiger partial charge in [-0.25, -0.2) is 0 Å². The molecule has 7 heteroatoms. The van der Waals surface area contributed by atoms with Crippen LogP contribution in [0.2, 0.25) is 58.9 Å². The molecule has 0 aliphatic heterocycles. The molecule has 0 fully saturated rings. The predicted octanol–water partition coefficient (Wildman–Crippen LogP) is 3.53.